The summed E-state index contributed by atoms with van der Waals surface area (Å²) >= 11 is 1.79. The molecular formula is C20H26N2OS. The van der Waals surface area contributed by atoms with Crippen molar-refractivity contribution in [2.24, 2.45) is 0 Å². The molecule has 3 rings (SSSR count). The maximum absolute atomic E-state index is 12.5. The minimum absolute atomic E-state index is 0.0198. The monoisotopic (exact) mass is 342 g/mol. The molecule has 1 amide bonds. The van der Waals surface area contributed by atoms with Crippen LogP contribution in [0.4, 0.5) is 0 Å². The summed E-state index contributed by atoms with van der Waals surface area (Å²) in [4.78, 5) is 16.4. The summed E-state index contributed by atoms with van der Waals surface area (Å²) in [5.74, 6) is 0.0198. The van der Waals surface area contributed by atoms with Gasteiger partial charge in [-0.2, -0.15) is 0 Å². The van der Waals surface area contributed by atoms with Crippen molar-refractivity contribution >= 4 is 17.2 Å². The van der Waals surface area contributed by atoms with E-state index in [1.54, 1.807) is 11.3 Å². The molecule has 2 aromatic rings. The highest BCUT2D eigenvalue weighted by atomic mass is 32.1. The number of carbonyl (C=O) groups excluding carboxylic acids is 1. The van der Waals surface area contributed by atoms with E-state index in [1.165, 1.54) is 36.1 Å². The van der Waals surface area contributed by atoms with Gasteiger partial charge in [0, 0.05) is 17.0 Å². The molecule has 0 aliphatic carbocycles. The van der Waals surface area contributed by atoms with Crippen molar-refractivity contribution in [3.8, 4) is 0 Å². The number of hydrogen-bond donors (Lipinski definition) is 1. The van der Waals surface area contributed by atoms with E-state index >= 15 is 0 Å². The first-order chi connectivity index (χ1) is 11.7. The van der Waals surface area contributed by atoms with E-state index in [9.17, 15) is 4.79 Å². The summed E-state index contributed by atoms with van der Waals surface area (Å²) in [5.41, 5.74) is 1.91. The molecule has 4 heteroatoms. The largest absolute Gasteiger partial charge is 0.350 e. The number of aryl methyl sites for hydroxylation is 1. The van der Waals surface area contributed by atoms with Crippen molar-refractivity contribution in [2.45, 2.75) is 38.6 Å². The predicted molar refractivity (Wildman–Crippen MR) is 101 cm³/mol. The Kier molecular flexibility index (Phi) is 6.05. The van der Waals surface area contributed by atoms with Crippen molar-refractivity contribution in [3.63, 3.8) is 0 Å². The van der Waals surface area contributed by atoms with Crippen LogP contribution in [-0.2, 0) is 0 Å². The Hall–Kier alpha value is -1.65. The lowest BCUT2D eigenvalue weighted by Crippen LogP contribution is -2.38. The van der Waals surface area contributed by atoms with Crippen LogP contribution in [0.15, 0.2) is 41.8 Å². The van der Waals surface area contributed by atoms with Crippen LogP contribution in [0.1, 0.15) is 52.5 Å². The zero-order chi connectivity index (χ0) is 16.8. The number of nitrogens with zero attached hydrogens (tertiary/aromatic N) is 1. The Morgan fingerprint density at radius 1 is 1.12 bits per heavy atom. The van der Waals surface area contributed by atoms with Gasteiger partial charge in [0.1, 0.15) is 0 Å². The highest BCUT2D eigenvalue weighted by Gasteiger charge is 2.23. The second-order valence-electron chi connectivity index (χ2n) is 6.56. The normalized spacial score (nSPS) is 17.2. The molecule has 1 aliphatic rings. The quantitative estimate of drug-likeness (QED) is 0.873. The van der Waals surface area contributed by atoms with Crippen LogP contribution < -0.4 is 5.32 Å². The molecule has 128 valence electrons. The van der Waals surface area contributed by atoms with Gasteiger partial charge >= 0.3 is 0 Å². The minimum Gasteiger partial charge on any atom is -0.350 e. The molecule has 2 heterocycles. The van der Waals surface area contributed by atoms with Gasteiger partial charge in [-0.05, 0) is 56.4 Å². The Balaban J connectivity index is 1.67. The highest BCUT2D eigenvalue weighted by molar-refractivity contribution is 7.10. The lowest BCUT2D eigenvalue weighted by molar-refractivity contribution is 0.0934. The van der Waals surface area contributed by atoms with Gasteiger partial charge in [0.2, 0.25) is 0 Å². The Labute approximate surface area is 148 Å². The molecule has 0 saturated carbocycles. The number of likely N-dealkylation sites (tertiary alicyclic amines) is 1. The van der Waals surface area contributed by atoms with Gasteiger partial charge in [-0.1, -0.05) is 36.6 Å². The number of thiophene rings is 1. The van der Waals surface area contributed by atoms with E-state index in [0.29, 0.717) is 6.54 Å². The first-order valence-corrected chi connectivity index (χ1v) is 9.74. The van der Waals surface area contributed by atoms with Crippen molar-refractivity contribution in [3.05, 3.63) is 57.8 Å². The minimum atomic E-state index is 0.0198. The number of carbonyl (C=O) groups is 1. The Morgan fingerprint density at radius 3 is 2.46 bits per heavy atom. The average Bonchev–Trinajstić information content (AvgIpc) is 2.98. The number of amides is 1. The third-order valence-corrected chi connectivity index (χ3v) is 5.70. The van der Waals surface area contributed by atoms with Crippen molar-refractivity contribution < 1.29 is 4.79 Å². The number of rotatable bonds is 5. The molecule has 0 bridgehead atoms. The van der Waals surface area contributed by atoms with Crippen LogP contribution in [0.2, 0.25) is 0 Å². The molecule has 1 aromatic carbocycles. The zero-order valence-corrected chi connectivity index (χ0v) is 15.1. The molecule has 3 nitrogen and oxygen atoms in total. The topological polar surface area (TPSA) is 32.3 Å². The molecule has 1 aliphatic heterocycles. The molecule has 24 heavy (non-hydrogen) atoms. The van der Waals surface area contributed by atoms with E-state index in [0.717, 1.165) is 18.7 Å². The van der Waals surface area contributed by atoms with Crippen molar-refractivity contribution in [1.82, 2.24) is 10.2 Å². The second kappa shape index (κ2) is 8.45. The van der Waals surface area contributed by atoms with Gasteiger partial charge < -0.3 is 5.32 Å². The smallest absolute Gasteiger partial charge is 0.251 e. The maximum atomic E-state index is 12.5. The summed E-state index contributed by atoms with van der Waals surface area (Å²) in [6.07, 6.45) is 5.16. The van der Waals surface area contributed by atoms with Gasteiger partial charge in [0.05, 0.1) is 6.04 Å². The Morgan fingerprint density at radius 2 is 1.83 bits per heavy atom. The third-order valence-electron chi connectivity index (χ3n) is 4.72. The van der Waals surface area contributed by atoms with Gasteiger partial charge in [0.15, 0.2) is 0 Å². The van der Waals surface area contributed by atoms with Crippen LogP contribution in [-0.4, -0.2) is 30.4 Å². The van der Waals surface area contributed by atoms with E-state index in [2.05, 4.69) is 27.7 Å². The molecule has 1 saturated heterocycles. The second-order valence-corrected chi connectivity index (χ2v) is 7.54. The van der Waals surface area contributed by atoms with Gasteiger partial charge in [-0.15, -0.1) is 11.3 Å². The first-order valence-electron chi connectivity index (χ1n) is 8.86. The third kappa shape index (κ3) is 4.46. The summed E-state index contributed by atoms with van der Waals surface area (Å²) in [6, 6.07) is 12.4. The fourth-order valence-corrected chi connectivity index (χ4v) is 4.15. The fraction of sp³-hybridized carbons (Fsp3) is 0.450. The summed E-state index contributed by atoms with van der Waals surface area (Å²) in [6.45, 7) is 4.97. The molecule has 0 unspecified atom stereocenters. The van der Waals surface area contributed by atoms with E-state index < -0.39 is 0 Å². The van der Waals surface area contributed by atoms with E-state index in [4.69, 9.17) is 0 Å². The highest BCUT2D eigenvalue weighted by Crippen LogP contribution is 2.27. The van der Waals surface area contributed by atoms with Crippen LogP contribution in [0, 0.1) is 6.92 Å². The number of benzene rings is 1. The SMILES string of the molecule is Cc1ccc(C(=O)NC[C@H](c2cccs2)N2CCCCCC2)cc1. The lowest BCUT2D eigenvalue weighted by atomic mass is 10.1. The van der Waals surface area contributed by atoms with Crippen LogP contribution in [0.25, 0.3) is 0 Å². The summed E-state index contributed by atoms with van der Waals surface area (Å²) in [5, 5.41) is 5.28. The summed E-state index contributed by atoms with van der Waals surface area (Å²) in [7, 11) is 0. The molecule has 1 fully saturated rings. The molecule has 1 N–H and O–H groups in total. The Bertz CT molecular complexity index is 628. The molecule has 1 atom stereocenters. The predicted octanol–water partition coefficient (Wildman–Crippen LogP) is 4.40. The van der Waals surface area contributed by atoms with Gasteiger partial charge in [0.25, 0.3) is 5.91 Å². The fourth-order valence-electron chi connectivity index (χ4n) is 3.29. The van der Waals surface area contributed by atoms with Crippen molar-refractivity contribution in [1.29, 1.82) is 0 Å². The van der Waals surface area contributed by atoms with Crippen LogP contribution in [0.5, 0.6) is 0 Å². The zero-order valence-electron chi connectivity index (χ0n) is 14.3. The van der Waals surface area contributed by atoms with Gasteiger partial charge in [-0.3, -0.25) is 9.69 Å². The summed E-state index contributed by atoms with van der Waals surface area (Å²) < 4.78 is 0. The lowest BCUT2D eigenvalue weighted by Gasteiger charge is -2.30. The maximum Gasteiger partial charge on any atom is 0.251 e. The van der Waals surface area contributed by atoms with E-state index in [1.807, 2.05) is 31.2 Å². The standard InChI is InChI=1S/C20H26N2OS/c1-16-8-10-17(11-9-16)20(23)21-15-18(19-7-6-14-24-19)22-12-4-2-3-5-13-22/h6-11,14,18H,2-5,12-13,15H2,1H3,(H,21,23)/t18-/m1/s1. The molecular weight excluding hydrogens is 316 g/mol. The average molecular weight is 343 g/mol. The van der Waals surface area contributed by atoms with Gasteiger partial charge in [-0.25, -0.2) is 0 Å². The van der Waals surface area contributed by atoms with Crippen LogP contribution in [0.3, 0.4) is 0 Å². The molecule has 0 spiro atoms. The number of nitrogens with one attached hydrogen (secondary N) is 1. The molecule has 1 aromatic heterocycles. The van der Waals surface area contributed by atoms with E-state index in [-0.39, 0.29) is 11.9 Å². The first kappa shape index (κ1) is 17.2. The van der Waals surface area contributed by atoms with Crippen LogP contribution >= 0.6 is 11.3 Å². The number of hydrogen-bond acceptors (Lipinski definition) is 3. The molecule has 0 radical (unpaired) electrons. The van der Waals surface area contributed by atoms with Crippen molar-refractivity contribution in [2.75, 3.05) is 19.6 Å².